The highest BCUT2D eigenvalue weighted by Crippen LogP contribution is 2.31. The molecule has 0 aromatic rings. The first kappa shape index (κ1) is 10.5. The normalized spacial score (nSPS) is 39.4. The minimum absolute atomic E-state index is 0.819. The van der Waals surface area contributed by atoms with Crippen LogP contribution >= 0.6 is 0 Å². The Labute approximate surface area is 88.7 Å². The summed E-state index contributed by atoms with van der Waals surface area (Å²) < 4.78 is 0. The molecule has 0 aromatic carbocycles. The summed E-state index contributed by atoms with van der Waals surface area (Å²) >= 11 is 0. The summed E-state index contributed by atoms with van der Waals surface area (Å²) in [5, 5.41) is 3.80. The van der Waals surface area contributed by atoms with Gasteiger partial charge in [-0.1, -0.05) is 33.1 Å². The zero-order valence-corrected chi connectivity index (χ0v) is 9.76. The van der Waals surface area contributed by atoms with E-state index in [4.69, 9.17) is 0 Å². The number of hydrogen-bond donors (Lipinski definition) is 1. The maximum atomic E-state index is 3.80. The van der Waals surface area contributed by atoms with Gasteiger partial charge in [-0.3, -0.25) is 0 Å². The van der Waals surface area contributed by atoms with Crippen LogP contribution in [0.3, 0.4) is 0 Å². The van der Waals surface area contributed by atoms with E-state index in [-0.39, 0.29) is 0 Å². The van der Waals surface area contributed by atoms with Crippen LogP contribution in [0.2, 0.25) is 0 Å². The van der Waals surface area contributed by atoms with Gasteiger partial charge in [-0.05, 0) is 43.6 Å². The van der Waals surface area contributed by atoms with E-state index < -0.39 is 0 Å². The summed E-state index contributed by atoms with van der Waals surface area (Å²) in [5.74, 6) is 2.84. The van der Waals surface area contributed by atoms with Gasteiger partial charge in [0, 0.05) is 6.04 Å². The fourth-order valence-electron chi connectivity index (χ4n) is 2.89. The highest BCUT2D eigenvalue weighted by Gasteiger charge is 2.27. The standard InChI is InChI=1S/C13H25N/c1-10-5-3-8-13(11(10)2)14-9-12-6-4-7-12/h10-14H,3-9H2,1-2H3. The smallest absolute Gasteiger partial charge is 0.00953 e. The van der Waals surface area contributed by atoms with Crippen molar-refractivity contribution < 1.29 is 0 Å². The van der Waals surface area contributed by atoms with E-state index >= 15 is 0 Å². The third kappa shape index (κ3) is 2.31. The summed E-state index contributed by atoms with van der Waals surface area (Å²) in [6.45, 7) is 6.14. The Morgan fingerprint density at radius 1 is 1.00 bits per heavy atom. The highest BCUT2D eigenvalue weighted by molar-refractivity contribution is 4.83. The molecule has 0 heterocycles. The largest absolute Gasteiger partial charge is 0.313 e. The maximum absolute atomic E-state index is 3.80. The number of rotatable bonds is 3. The molecule has 0 bridgehead atoms. The molecule has 0 aliphatic heterocycles. The Kier molecular flexibility index (Phi) is 3.48. The van der Waals surface area contributed by atoms with E-state index in [0.29, 0.717) is 0 Å². The van der Waals surface area contributed by atoms with Gasteiger partial charge >= 0.3 is 0 Å². The third-order valence-corrected chi connectivity index (χ3v) is 4.60. The topological polar surface area (TPSA) is 12.0 Å². The van der Waals surface area contributed by atoms with E-state index in [1.54, 1.807) is 0 Å². The Morgan fingerprint density at radius 2 is 1.71 bits per heavy atom. The van der Waals surface area contributed by atoms with Crippen molar-refractivity contribution in [1.82, 2.24) is 5.32 Å². The van der Waals surface area contributed by atoms with Gasteiger partial charge in [0.15, 0.2) is 0 Å². The molecule has 2 saturated carbocycles. The van der Waals surface area contributed by atoms with Gasteiger partial charge in [-0.15, -0.1) is 0 Å². The molecule has 3 unspecified atom stereocenters. The first-order valence-corrected chi connectivity index (χ1v) is 6.50. The zero-order valence-electron chi connectivity index (χ0n) is 9.76. The molecule has 82 valence electrons. The molecule has 2 aliphatic carbocycles. The fraction of sp³-hybridized carbons (Fsp3) is 1.00. The zero-order chi connectivity index (χ0) is 9.97. The first-order chi connectivity index (χ1) is 6.77. The Morgan fingerprint density at radius 3 is 2.36 bits per heavy atom. The fourth-order valence-corrected chi connectivity index (χ4v) is 2.89. The number of nitrogens with one attached hydrogen (secondary N) is 1. The van der Waals surface area contributed by atoms with Gasteiger partial charge < -0.3 is 5.32 Å². The van der Waals surface area contributed by atoms with Crippen molar-refractivity contribution in [3.63, 3.8) is 0 Å². The van der Waals surface area contributed by atoms with Crippen molar-refractivity contribution in [1.29, 1.82) is 0 Å². The molecule has 0 spiro atoms. The Balaban J connectivity index is 1.72. The summed E-state index contributed by atoms with van der Waals surface area (Å²) in [4.78, 5) is 0. The van der Waals surface area contributed by atoms with Crippen molar-refractivity contribution in [3.8, 4) is 0 Å². The molecule has 2 aliphatic rings. The second-order valence-corrected chi connectivity index (χ2v) is 5.58. The van der Waals surface area contributed by atoms with Crippen LogP contribution in [0.25, 0.3) is 0 Å². The van der Waals surface area contributed by atoms with Gasteiger partial charge in [0.2, 0.25) is 0 Å². The Bertz CT molecular complexity index is 174. The second kappa shape index (κ2) is 4.65. The molecule has 1 nitrogen and oxygen atoms in total. The molecule has 1 heteroatoms. The average molecular weight is 195 g/mol. The third-order valence-electron chi connectivity index (χ3n) is 4.60. The lowest BCUT2D eigenvalue weighted by atomic mass is 9.77. The molecule has 14 heavy (non-hydrogen) atoms. The molecule has 3 atom stereocenters. The van der Waals surface area contributed by atoms with Gasteiger partial charge in [0.1, 0.15) is 0 Å². The van der Waals surface area contributed by atoms with Crippen molar-refractivity contribution in [2.24, 2.45) is 17.8 Å². The summed E-state index contributed by atoms with van der Waals surface area (Å²) in [5.41, 5.74) is 0. The SMILES string of the molecule is CC1CCCC(NCC2CCC2)C1C. The van der Waals surface area contributed by atoms with Gasteiger partial charge in [-0.25, -0.2) is 0 Å². The van der Waals surface area contributed by atoms with Crippen LogP contribution in [-0.4, -0.2) is 12.6 Å². The molecule has 1 N–H and O–H groups in total. The highest BCUT2D eigenvalue weighted by atomic mass is 14.9. The van der Waals surface area contributed by atoms with Crippen molar-refractivity contribution in [2.75, 3.05) is 6.54 Å². The van der Waals surface area contributed by atoms with Crippen molar-refractivity contribution in [2.45, 2.75) is 58.4 Å². The predicted octanol–water partition coefficient (Wildman–Crippen LogP) is 3.20. The van der Waals surface area contributed by atoms with Gasteiger partial charge in [-0.2, -0.15) is 0 Å². The quantitative estimate of drug-likeness (QED) is 0.729. The molecule has 0 saturated heterocycles. The minimum atomic E-state index is 0.819. The van der Waals surface area contributed by atoms with E-state index in [2.05, 4.69) is 19.2 Å². The van der Waals surface area contributed by atoms with Crippen molar-refractivity contribution >= 4 is 0 Å². The maximum Gasteiger partial charge on any atom is 0.00953 e. The number of hydrogen-bond acceptors (Lipinski definition) is 1. The first-order valence-electron chi connectivity index (χ1n) is 6.50. The molecule has 0 amide bonds. The summed E-state index contributed by atoms with van der Waals surface area (Å²) in [6, 6.07) is 0.819. The second-order valence-electron chi connectivity index (χ2n) is 5.58. The lowest BCUT2D eigenvalue weighted by molar-refractivity contribution is 0.187. The van der Waals surface area contributed by atoms with Crippen LogP contribution in [-0.2, 0) is 0 Å². The monoisotopic (exact) mass is 195 g/mol. The van der Waals surface area contributed by atoms with E-state index in [1.807, 2.05) is 0 Å². The average Bonchev–Trinajstić information content (AvgIpc) is 2.09. The van der Waals surface area contributed by atoms with E-state index in [9.17, 15) is 0 Å². The molecule has 0 radical (unpaired) electrons. The molecular weight excluding hydrogens is 170 g/mol. The lowest BCUT2D eigenvalue weighted by Crippen LogP contribution is -2.43. The van der Waals surface area contributed by atoms with Crippen molar-refractivity contribution in [3.05, 3.63) is 0 Å². The van der Waals surface area contributed by atoms with E-state index in [0.717, 1.165) is 23.8 Å². The van der Waals surface area contributed by atoms with E-state index in [1.165, 1.54) is 45.1 Å². The lowest BCUT2D eigenvalue weighted by Gasteiger charge is -2.37. The van der Waals surface area contributed by atoms with Gasteiger partial charge in [0.05, 0.1) is 0 Å². The van der Waals surface area contributed by atoms with Crippen LogP contribution in [0, 0.1) is 17.8 Å². The summed E-state index contributed by atoms with van der Waals surface area (Å²) in [7, 11) is 0. The van der Waals surface area contributed by atoms with Crippen LogP contribution < -0.4 is 5.32 Å². The van der Waals surface area contributed by atoms with Crippen LogP contribution in [0.4, 0.5) is 0 Å². The predicted molar refractivity (Wildman–Crippen MR) is 61.3 cm³/mol. The molecule has 2 rings (SSSR count). The molecule has 0 aromatic heterocycles. The van der Waals surface area contributed by atoms with Crippen LogP contribution in [0.1, 0.15) is 52.4 Å². The van der Waals surface area contributed by atoms with Crippen LogP contribution in [0.15, 0.2) is 0 Å². The molecular formula is C13H25N. The van der Waals surface area contributed by atoms with Crippen LogP contribution in [0.5, 0.6) is 0 Å². The minimum Gasteiger partial charge on any atom is -0.313 e. The molecule has 2 fully saturated rings. The van der Waals surface area contributed by atoms with Gasteiger partial charge in [0.25, 0.3) is 0 Å². The Hall–Kier alpha value is -0.0400. The summed E-state index contributed by atoms with van der Waals surface area (Å²) in [6.07, 6.45) is 8.73.